The third-order valence-corrected chi connectivity index (χ3v) is 0.302. The van der Waals surface area contributed by atoms with Crippen molar-refractivity contribution in [3.8, 4) is 0 Å². The van der Waals surface area contributed by atoms with Crippen LogP contribution in [0.5, 0.6) is 0 Å². The number of carboxylic acids is 1. The third kappa shape index (κ3) is 43.8. The largest absolute Gasteiger partial charge is 0.481 e. The minimum Gasteiger partial charge on any atom is -0.481 e. The molecular weight excluding hydrogens is 134 g/mol. The van der Waals surface area contributed by atoms with E-state index in [4.69, 9.17) is 5.11 Å². The van der Waals surface area contributed by atoms with Gasteiger partial charge in [-0.15, -0.1) is 0 Å². The van der Waals surface area contributed by atoms with E-state index in [1.165, 1.54) is 0 Å². The molecule has 4 heteroatoms. The van der Waals surface area contributed by atoms with Gasteiger partial charge >= 0.3 is 5.97 Å². The number of aliphatic carboxylic acids is 1. The molecular formula is C4H8ClFO2. The summed E-state index contributed by atoms with van der Waals surface area (Å²) in [5, 5.41) is 7.72. The Hall–Kier alpha value is -0.310. The smallest absolute Gasteiger partial charge is 0.303 e. The Kier molecular flexibility index (Phi) is 13.1. The molecule has 0 aromatic heterocycles. The second kappa shape index (κ2) is 9.85. The number of halogens is 2. The number of hydrogen-bond donors (Lipinski definition) is 1. The summed E-state index contributed by atoms with van der Waals surface area (Å²) in [6.07, 6.45) is -0.556. The summed E-state index contributed by atoms with van der Waals surface area (Å²) in [5.41, 5.74) is 0. The van der Waals surface area contributed by atoms with Gasteiger partial charge in [0, 0.05) is 6.42 Å². The molecule has 0 radical (unpaired) electrons. The lowest BCUT2D eigenvalue weighted by molar-refractivity contribution is -0.136. The van der Waals surface area contributed by atoms with E-state index < -0.39 is 12.1 Å². The Bertz CT molecular complexity index is 58.0. The average molecular weight is 143 g/mol. The molecule has 8 heavy (non-hydrogen) atoms. The Balaban J connectivity index is 0. The highest BCUT2D eigenvalue weighted by molar-refractivity contribution is 6.16. The van der Waals surface area contributed by atoms with Crippen LogP contribution < -0.4 is 0 Å². The maximum Gasteiger partial charge on any atom is 0.303 e. The van der Waals surface area contributed by atoms with Crippen LogP contribution in [-0.4, -0.2) is 17.2 Å². The molecule has 0 saturated carbocycles. The number of rotatable bonds is 1. The molecule has 0 aliphatic rings. The van der Waals surface area contributed by atoms with Crippen molar-refractivity contribution >= 4 is 17.6 Å². The lowest BCUT2D eigenvalue weighted by Crippen LogP contribution is -1.86. The van der Waals surface area contributed by atoms with Crippen molar-refractivity contribution in [1.82, 2.24) is 0 Å². The summed E-state index contributed by atoms with van der Waals surface area (Å²) in [4.78, 5) is 9.37. The predicted molar refractivity (Wildman–Crippen MR) is 29.8 cm³/mol. The first-order chi connectivity index (χ1) is 3.68. The van der Waals surface area contributed by atoms with E-state index in [1.54, 1.807) is 6.92 Å². The van der Waals surface area contributed by atoms with Crippen LogP contribution in [0.2, 0.25) is 0 Å². The van der Waals surface area contributed by atoms with E-state index >= 15 is 0 Å². The van der Waals surface area contributed by atoms with Crippen LogP contribution in [0.4, 0.5) is 4.39 Å². The Morgan fingerprint density at radius 3 is 2.00 bits per heavy atom. The first kappa shape index (κ1) is 10.6. The molecule has 0 aromatic rings. The van der Waals surface area contributed by atoms with Crippen LogP contribution in [0.3, 0.4) is 0 Å². The van der Waals surface area contributed by atoms with Gasteiger partial charge in [-0.25, -0.2) is 4.39 Å². The molecule has 0 atom stereocenters. The molecule has 1 N–H and O–H groups in total. The van der Waals surface area contributed by atoms with Crippen LogP contribution in [0.1, 0.15) is 13.3 Å². The van der Waals surface area contributed by atoms with Crippen molar-refractivity contribution in [2.45, 2.75) is 13.3 Å². The van der Waals surface area contributed by atoms with Crippen LogP contribution in [0.25, 0.3) is 0 Å². The topological polar surface area (TPSA) is 37.3 Å². The Morgan fingerprint density at radius 1 is 1.88 bits per heavy atom. The number of hydrogen-bond acceptors (Lipinski definition) is 1. The minimum atomic E-state index is -0.778. The van der Waals surface area contributed by atoms with Gasteiger partial charge in [0.15, 0.2) is 6.13 Å². The molecule has 0 aliphatic carbocycles. The first-order valence-electron chi connectivity index (χ1n) is 2.02. The van der Waals surface area contributed by atoms with Crippen LogP contribution in [0.15, 0.2) is 0 Å². The molecule has 0 fully saturated rings. The van der Waals surface area contributed by atoms with Gasteiger partial charge in [-0.2, -0.15) is 0 Å². The zero-order valence-corrected chi connectivity index (χ0v) is 5.28. The van der Waals surface area contributed by atoms with Gasteiger partial charge < -0.3 is 5.11 Å². The molecule has 0 heterocycles. The highest BCUT2D eigenvalue weighted by Gasteiger charge is 1.80. The van der Waals surface area contributed by atoms with Gasteiger partial charge in [-0.1, -0.05) is 18.5 Å². The van der Waals surface area contributed by atoms with Crippen molar-refractivity contribution in [2.24, 2.45) is 0 Å². The molecule has 0 aromatic carbocycles. The molecule has 2 nitrogen and oxygen atoms in total. The fourth-order valence-corrected chi connectivity index (χ4v) is 0. The maximum absolute atomic E-state index is 10.1. The first-order valence-corrected chi connectivity index (χ1v) is 2.56. The third-order valence-electron chi connectivity index (χ3n) is 0.302. The molecule has 0 bridgehead atoms. The monoisotopic (exact) mass is 142 g/mol. The summed E-state index contributed by atoms with van der Waals surface area (Å²) >= 11 is 4.33. The van der Waals surface area contributed by atoms with Crippen molar-refractivity contribution in [3.63, 3.8) is 0 Å². The van der Waals surface area contributed by atoms with Crippen LogP contribution in [-0.2, 0) is 4.79 Å². The molecule has 0 saturated heterocycles. The summed E-state index contributed by atoms with van der Waals surface area (Å²) < 4.78 is 10.1. The van der Waals surface area contributed by atoms with Crippen LogP contribution >= 0.6 is 11.6 Å². The fraction of sp³-hybridized carbons (Fsp3) is 0.750. The second-order valence-corrected chi connectivity index (χ2v) is 1.05. The van der Waals surface area contributed by atoms with Gasteiger partial charge in [0.2, 0.25) is 0 Å². The molecule has 0 amide bonds. The zero-order valence-electron chi connectivity index (χ0n) is 4.53. The summed E-state index contributed by atoms with van der Waals surface area (Å²) in [6.45, 7) is 1.60. The number of alkyl halides is 2. The Labute approximate surface area is 52.3 Å². The van der Waals surface area contributed by atoms with E-state index in [9.17, 15) is 9.18 Å². The highest BCUT2D eigenvalue weighted by Crippen LogP contribution is 1.67. The van der Waals surface area contributed by atoms with Crippen molar-refractivity contribution in [3.05, 3.63) is 0 Å². The number of carboxylic acid groups (broad SMARTS) is 1. The van der Waals surface area contributed by atoms with E-state index in [0.717, 1.165) is 0 Å². The Morgan fingerprint density at radius 2 is 2.00 bits per heavy atom. The van der Waals surface area contributed by atoms with Crippen molar-refractivity contribution in [1.29, 1.82) is 0 Å². The van der Waals surface area contributed by atoms with Gasteiger partial charge in [0.25, 0.3) is 0 Å². The van der Waals surface area contributed by atoms with Gasteiger partial charge in [0.1, 0.15) is 0 Å². The van der Waals surface area contributed by atoms with Crippen molar-refractivity contribution < 1.29 is 14.3 Å². The molecule has 0 spiro atoms. The number of carbonyl (C=O) groups is 1. The van der Waals surface area contributed by atoms with Gasteiger partial charge in [-0.05, 0) is 0 Å². The van der Waals surface area contributed by atoms with E-state index in [1.807, 2.05) is 0 Å². The zero-order chi connectivity index (χ0) is 6.99. The van der Waals surface area contributed by atoms with Crippen molar-refractivity contribution in [2.75, 3.05) is 6.13 Å². The predicted octanol–water partition coefficient (Wildman–Crippen LogP) is 1.63. The maximum atomic E-state index is 10.1. The standard InChI is InChI=1S/C3H6O2.CH2ClF/c1-2-3(4)5;2-1-3/h2H2,1H3,(H,4,5);1H2. The van der Waals surface area contributed by atoms with E-state index in [2.05, 4.69) is 11.6 Å². The summed E-state index contributed by atoms with van der Waals surface area (Å²) in [6, 6.07) is 0. The lowest BCUT2D eigenvalue weighted by atomic mass is 10.5. The average Bonchev–Trinajstić information content (AvgIpc) is 1.69. The molecule has 0 rings (SSSR count). The molecule has 0 unspecified atom stereocenters. The van der Waals surface area contributed by atoms with Crippen LogP contribution in [0, 0.1) is 0 Å². The molecule has 0 aliphatic heterocycles. The lowest BCUT2D eigenvalue weighted by Gasteiger charge is -1.71. The van der Waals surface area contributed by atoms with E-state index in [-0.39, 0.29) is 6.42 Å². The quantitative estimate of drug-likeness (QED) is 0.565. The normalized spacial score (nSPS) is 6.88. The van der Waals surface area contributed by atoms with E-state index in [0.29, 0.717) is 0 Å². The molecule has 50 valence electrons. The van der Waals surface area contributed by atoms with Gasteiger partial charge in [0.05, 0.1) is 0 Å². The highest BCUT2D eigenvalue weighted by atomic mass is 35.5. The second-order valence-electron chi connectivity index (χ2n) is 0.848. The fourth-order valence-electron chi connectivity index (χ4n) is 0. The van der Waals surface area contributed by atoms with Gasteiger partial charge in [-0.3, -0.25) is 4.79 Å². The summed E-state index contributed by atoms with van der Waals surface area (Å²) in [7, 11) is 0. The minimum absolute atomic E-state index is 0.222. The SMILES string of the molecule is CCC(=O)O.FCCl. The summed E-state index contributed by atoms with van der Waals surface area (Å²) in [5.74, 6) is -0.745.